The highest BCUT2D eigenvalue weighted by atomic mass is 32.2. The molecule has 0 atom stereocenters. The zero-order valence-corrected chi connectivity index (χ0v) is 15.1. The fourth-order valence-corrected chi connectivity index (χ4v) is 3.42. The standard InChI is InChI=1S/C19H15N3O4S/c1-11(23)20-13-3-5-14(6-4-13)21-19-22-18(24)17(27-19)9-12-2-7-15-16(8-12)26-10-25-15/h2-9H,10H2,1H3,(H,20,23)(H,21,22,24). The van der Waals surface area contributed by atoms with E-state index in [-0.39, 0.29) is 18.6 Å². The average Bonchev–Trinajstić information content (AvgIpc) is 3.22. The zero-order valence-electron chi connectivity index (χ0n) is 14.3. The van der Waals surface area contributed by atoms with Crippen LogP contribution in [-0.2, 0) is 9.59 Å². The van der Waals surface area contributed by atoms with Crippen LogP contribution < -0.4 is 20.1 Å². The largest absolute Gasteiger partial charge is 0.454 e. The topological polar surface area (TPSA) is 89.0 Å². The second-order valence-corrected chi connectivity index (χ2v) is 6.85. The minimum absolute atomic E-state index is 0.133. The summed E-state index contributed by atoms with van der Waals surface area (Å²) in [7, 11) is 0. The molecule has 0 spiro atoms. The Hall–Kier alpha value is -3.26. The molecule has 1 saturated heterocycles. The van der Waals surface area contributed by atoms with Gasteiger partial charge in [-0.3, -0.25) is 9.59 Å². The molecule has 0 aliphatic carbocycles. The number of thioether (sulfide) groups is 1. The van der Waals surface area contributed by atoms with Crippen molar-refractivity contribution in [3.63, 3.8) is 0 Å². The first-order chi connectivity index (χ1) is 13.1. The van der Waals surface area contributed by atoms with Crippen molar-refractivity contribution in [2.24, 2.45) is 4.99 Å². The van der Waals surface area contributed by atoms with Crippen LogP contribution in [0, 0.1) is 0 Å². The molecule has 136 valence electrons. The van der Waals surface area contributed by atoms with Crippen LogP contribution in [0.5, 0.6) is 11.5 Å². The summed E-state index contributed by atoms with van der Waals surface area (Å²) in [6, 6.07) is 12.6. The highest BCUT2D eigenvalue weighted by Gasteiger charge is 2.24. The molecule has 7 nitrogen and oxygen atoms in total. The van der Waals surface area contributed by atoms with Gasteiger partial charge in [0.15, 0.2) is 16.7 Å². The molecule has 2 aromatic rings. The number of carbonyl (C=O) groups is 2. The minimum Gasteiger partial charge on any atom is -0.454 e. The van der Waals surface area contributed by atoms with Crippen molar-refractivity contribution >= 4 is 46.2 Å². The second kappa shape index (κ2) is 7.16. The third kappa shape index (κ3) is 3.95. The van der Waals surface area contributed by atoms with E-state index in [9.17, 15) is 9.59 Å². The van der Waals surface area contributed by atoms with Gasteiger partial charge in [0.1, 0.15) is 0 Å². The van der Waals surface area contributed by atoms with Crippen LogP contribution in [0.25, 0.3) is 6.08 Å². The summed E-state index contributed by atoms with van der Waals surface area (Å²) in [5, 5.41) is 5.95. The van der Waals surface area contributed by atoms with E-state index in [1.807, 2.05) is 18.2 Å². The van der Waals surface area contributed by atoms with Gasteiger partial charge in [0, 0.05) is 12.6 Å². The van der Waals surface area contributed by atoms with Crippen LogP contribution in [0.15, 0.2) is 52.4 Å². The number of nitrogens with one attached hydrogen (secondary N) is 2. The maximum atomic E-state index is 12.2. The molecule has 8 heteroatoms. The van der Waals surface area contributed by atoms with Crippen molar-refractivity contribution in [1.29, 1.82) is 0 Å². The van der Waals surface area contributed by atoms with Crippen LogP contribution in [0.3, 0.4) is 0 Å². The van der Waals surface area contributed by atoms with Gasteiger partial charge < -0.3 is 20.1 Å². The van der Waals surface area contributed by atoms with E-state index >= 15 is 0 Å². The van der Waals surface area contributed by atoms with E-state index in [1.54, 1.807) is 30.3 Å². The Balaban J connectivity index is 1.50. The normalized spacial score (nSPS) is 18.0. The van der Waals surface area contributed by atoms with Gasteiger partial charge >= 0.3 is 0 Å². The van der Waals surface area contributed by atoms with Crippen molar-refractivity contribution in [2.75, 3.05) is 12.1 Å². The Morgan fingerprint density at radius 2 is 1.96 bits per heavy atom. The van der Waals surface area contributed by atoms with Gasteiger partial charge in [-0.25, -0.2) is 4.99 Å². The van der Waals surface area contributed by atoms with E-state index in [1.165, 1.54) is 18.7 Å². The summed E-state index contributed by atoms with van der Waals surface area (Å²) in [5.74, 6) is 1.03. The number of amides is 2. The zero-order chi connectivity index (χ0) is 18.8. The summed E-state index contributed by atoms with van der Waals surface area (Å²) < 4.78 is 10.6. The highest BCUT2D eigenvalue weighted by Crippen LogP contribution is 2.34. The van der Waals surface area contributed by atoms with Crippen LogP contribution >= 0.6 is 11.8 Å². The van der Waals surface area contributed by atoms with Crippen molar-refractivity contribution in [1.82, 2.24) is 5.32 Å². The Bertz CT molecular complexity index is 983. The number of rotatable bonds is 3. The number of nitrogens with zero attached hydrogens (tertiary/aromatic N) is 1. The molecule has 2 aliphatic heterocycles. The number of benzene rings is 2. The van der Waals surface area contributed by atoms with Crippen LogP contribution in [-0.4, -0.2) is 23.8 Å². The number of fused-ring (bicyclic) bond motifs is 1. The summed E-state index contributed by atoms with van der Waals surface area (Å²) in [6.45, 7) is 1.66. The van der Waals surface area contributed by atoms with E-state index in [0.717, 1.165) is 5.56 Å². The van der Waals surface area contributed by atoms with Crippen molar-refractivity contribution < 1.29 is 19.1 Å². The van der Waals surface area contributed by atoms with Crippen molar-refractivity contribution in [2.45, 2.75) is 6.92 Å². The van der Waals surface area contributed by atoms with Gasteiger partial charge in [0.2, 0.25) is 12.7 Å². The van der Waals surface area contributed by atoms with Crippen LogP contribution in [0.4, 0.5) is 11.4 Å². The summed E-state index contributed by atoms with van der Waals surface area (Å²) in [5.41, 5.74) is 2.21. The first-order valence-corrected chi connectivity index (χ1v) is 8.95. The van der Waals surface area contributed by atoms with Gasteiger partial charge in [-0.2, -0.15) is 0 Å². The van der Waals surface area contributed by atoms with E-state index in [0.29, 0.717) is 32.9 Å². The lowest BCUT2D eigenvalue weighted by Gasteiger charge is -2.02. The Morgan fingerprint density at radius 3 is 2.74 bits per heavy atom. The number of amidine groups is 1. The molecule has 1 fully saturated rings. The summed E-state index contributed by atoms with van der Waals surface area (Å²) in [4.78, 5) is 28.2. The predicted molar refractivity (Wildman–Crippen MR) is 104 cm³/mol. The lowest BCUT2D eigenvalue weighted by atomic mass is 10.2. The van der Waals surface area contributed by atoms with Crippen LogP contribution in [0.1, 0.15) is 12.5 Å². The summed E-state index contributed by atoms with van der Waals surface area (Å²) >= 11 is 1.27. The molecule has 0 radical (unpaired) electrons. The molecule has 2 N–H and O–H groups in total. The SMILES string of the molecule is CC(=O)Nc1ccc(N=C2NC(=O)C(=Cc3ccc4c(c3)OCO4)S2)cc1. The van der Waals surface area contributed by atoms with E-state index < -0.39 is 0 Å². The van der Waals surface area contributed by atoms with Gasteiger partial charge in [0.05, 0.1) is 10.6 Å². The molecule has 4 rings (SSSR count). The smallest absolute Gasteiger partial charge is 0.264 e. The number of anilines is 1. The van der Waals surface area contributed by atoms with Gasteiger partial charge in [-0.05, 0) is 59.8 Å². The van der Waals surface area contributed by atoms with Gasteiger partial charge in [0.25, 0.3) is 5.91 Å². The first kappa shape index (κ1) is 17.2. The average molecular weight is 381 g/mol. The van der Waals surface area contributed by atoms with Crippen molar-refractivity contribution in [3.05, 3.63) is 52.9 Å². The maximum absolute atomic E-state index is 12.2. The molecule has 0 aromatic heterocycles. The van der Waals surface area contributed by atoms with Crippen molar-refractivity contribution in [3.8, 4) is 11.5 Å². The lowest BCUT2D eigenvalue weighted by molar-refractivity contribution is -0.115. The quantitative estimate of drug-likeness (QED) is 0.797. The van der Waals surface area contributed by atoms with Gasteiger partial charge in [-0.1, -0.05) is 6.07 Å². The highest BCUT2D eigenvalue weighted by molar-refractivity contribution is 8.18. The molecular weight excluding hydrogens is 366 g/mol. The number of aliphatic imine (C=N–C) groups is 1. The predicted octanol–water partition coefficient (Wildman–Crippen LogP) is 3.27. The molecule has 0 saturated carbocycles. The second-order valence-electron chi connectivity index (χ2n) is 5.82. The number of hydrogen-bond acceptors (Lipinski definition) is 6. The maximum Gasteiger partial charge on any atom is 0.264 e. The molecule has 2 heterocycles. The molecule has 27 heavy (non-hydrogen) atoms. The molecule has 2 aliphatic rings. The fourth-order valence-electron chi connectivity index (χ4n) is 2.57. The Morgan fingerprint density at radius 1 is 1.19 bits per heavy atom. The third-order valence-corrected chi connectivity index (χ3v) is 4.67. The molecular formula is C19H15N3O4S. The molecule has 2 amide bonds. The summed E-state index contributed by atoms with van der Waals surface area (Å²) in [6.07, 6.45) is 1.78. The number of hydrogen-bond donors (Lipinski definition) is 2. The Kier molecular flexibility index (Phi) is 4.55. The number of ether oxygens (including phenoxy) is 2. The number of carbonyl (C=O) groups excluding carboxylic acids is 2. The van der Waals surface area contributed by atoms with Crippen LogP contribution in [0.2, 0.25) is 0 Å². The van der Waals surface area contributed by atoms with E-state index in [4.69, 9.17) is 9.47 Å². The fraction of sp³-hybridized carbons (Fsp3) is 0.105. The molecule has 0 bridgehead atoms. The Labute approximate surface area is 159 Å². The minimum atomic E-state index is -0.203. The van der Waals surface area contributed by atoms with Gasteiger partial charge in [-0.15, -0.1) is 0 Å². The van der Waals surface area contributed by atoms with E-state index in [2.05, 4.69) is 15.6 Å². The molecule has 0 unspecified atom stereocenters. The lowest BCUT2D eigenvalue weighted by Crippen LogP contribution is -2.19. The monoisotopic (exact) mass is 381 g/mol. The molecule has 2 aromatic carbocycles. The first-order valence-electron chi connectivity index (χ1n) is 8.14. The third-order valence-electron chi connectivity index (χ3n) is 3.76.